The second kappa shape index (κ2) is 5.31. The Bertz CT molecular complexity index is 926. The second-order valence-corrected chi connectivity index (χ2v) is 6.14. The largest absolute Gasteiger partial charge is 0.419 e. The summed E-state index contributed by atoms with van der Waals surface area (Å²) in [7, 11) is 1.62. The highest BCUT2D eigenvalue weighted by Gasteiger charge is 2.14. The van der Waals surface area contributed by atoms with Crippen molar-refractivity contribution in [3.8, 4) is 0 Å². The quantitative estimate of drug-likeness (QED) is 0.476. The number of carbonyl (C=O) groups excluding carboxylic acids is 1. The zero-order valence-electron chi connectivity index (χ0n) is 10.9. The van der Waals surface area contributed by atoms with Crippen LogP contribution >= 0.6 is 34.2 Å². The summed E-state index contributed by atoms with van der Waals surface area (Å²) in [6, 6.07) is 10.1. The van der Waals surface area contributed by atoms with E-state index in [-0.39, 0.29) is 5.78 Å². The summed E-state index contributed by atoms with van der Waals surface area (Å²) in [6.45, 7) is 0. The van der Waals surface area contributed by atoms with Crippen molar-refractivity contribution in [2.45, 2.75) is 0 Å². The maximum atomic E-state index is 12.5. The fraction of sp³-hybridized carbons (Fsp3) is 0.0667. The summed E-state index contributed by atoms with van der Waals surface area (Å²) in [5.74, 6) is -0.617. The van der Waals surface area contributed by atoms with Crippen molar-refractivity contribution in [3.63, 3.8) is 0 Å². The monoisotopic (exact) mass is 413 g/mol. The molecule has 3 rings (SSSR count). The Morgan fingerprint density at radius 2 is 1.86 bits per heavy atom. The molecule has 0 radical (unpaired) electrons. The Morgan fingerprint density at radius 3 is 2.57 bits per heavy atom. The van der Waals surface area contributed by atoms with E-state index in [9.17, 15) is 9.59 Å². The summed E-state index contributed by atoms with van der Waals surface area (Å²) in [5, 5.41) is 0.536. The van der Waals surface area contributed by atoms with Crippen LogP contribution in [0.4, 0.5) is 0 Å². The average Bonchev–Trinajstić information content (AvgIpc) is 2.76. The summed E-state index contributed by atoms with van der Waals surface area (Å²) in [6.07, 6.45) is 0. The molecule has 0 unspecified atom stereocenters. The minimum absolute atomic E-state index is 0.165. The highest BCUT2D eigenvalue weighted by atomic mass is 127. The summed E-state index contributed by atoms with van der Waals surface area (Å²) >= 11 is 8.14. The number of aryl methyl sites for hydroxylation is 1. The van der Waals surface area contributed by atoms with Crippen LogP contribution in [0.1, 0.15) is 15.9 Å². The molecule has 0 fully saturated rings. The van der Waals surface area contributed by atoms with Crippen LogP contribution in [0.2, 0.25) is 5.02 Å². The van der Waals surface area contributed by atoms with Gasteiger partial charge in [-0.1, -0.05) is 11.6 Å². The fourth-order valence-corrected chi connectivity index (χ4v) is 2.60. The van der Waals surface area contributed by atoms with E-state index in [1.807, 2.05) is 0 Å². The molecule has 3 aromatic rings. The molecule has 4 nitrogen and oxygen atoms in total. The first kappa shape index (κ1) is 14.3. The van der Waals surface area contributed by atoms with Crippen molar-refractivity contribution in [3.05, 3.63) is 66.7 Å². The molecule has 0 saturated heterocycles. The Morgan fingerprint density at radius 1 is 1.19 bits per heavy atom. The van der Waals surface area contributed by atoms with Crippen molar-refractivity contribution < 1.29 is 9.21 Å². The molecule has 0 aliphatic heterocycles. The number of fused-ring (bicyclic) bond motifs is 1. The lowest BCUT2D eigenvalue weighted by Crippen LogP contribution is -2.08. The molecule has 21 heavy (non-hydrogen) atoms. The molecular formula is C15H9ClINO3. The number of nitrogens with zero attached hydrogens (tertiary/aromatic N) is 1. The normalized spacial score (nSPS) is 11.0. The van der Waals surface area contributed by atoms with E-state index in [2.05, 4.69) is 22.6 Å². The Kier molecular flexibility index (Phi) is 3.62. The topological polar surface area (TPSA) is 52.2 Å². The average molecular weight is 414 g/mol. The summed E-state index contributed by atoms with van der Waals surface area (Å²) < 4.78 is 7.37. The smallest absolute Gasteiger partial charge is 0.408 e. The summed E-state index contributed by atoms with van der Waals surface area (Å²) in [4.78, 5) is 23.9. The Labute approximate surface area is 138 Å². The zero-order valence-corrected chi connectivity index (χ0v) is 13.8. The van der Waals surface area contributed by atoms with E-state index < -0.39 is 5.76 Å². The van der Waals surface area contributed by atoms with Crippen LogP contribution in [-0.4, -0.2) is 10.4 Å². The maximum absolute atomic E-state index is 12.5. The molecule has 106 valence electrons. The van der Waals surface area contributed by atoms with Crippen LogP contribution in [-0.2, 0) is 7.05 Å². The van der Waals surface area contributed by atoms with Gasteiger partial charge in [-0.15, -0.1) is 0 Å². The summed E-state index contributed by atoms with van der Waals surface area (Å²) in [5.41, 5.74) is 1.99. The standard InChI is InChI=1S/C15H9ClINO3/c1-18-12-5-3-9(7-13(12)21-15(18)20)14(19)8-2-4-11(17)10(16)6-8/h2-7H,1H3. The number of hydrogen-bond donors (Lipinski definition) is 0. The van der Waals surface area contributed by atoms with Crippen LogP contribution in [0, 0.1) is 3.57 Å². The molecule has 0 spiro atoms. The van der Waals surface area contributed by atoms with E-state index in [0.717, 1.165) is 3.57 Å². The number of rotatable bonds is 2. The van der Waals surface area contributed by atoms with E-state index in [1.54, 1.807) is 43.4 Å². The van der Waals surface area contributed by atoms with Crippen molar-refractivity contribution in [2.75, 3.05) is 0 Å². The predicted molar refractivity (Wildman–Crippen MR) is 89.1 cm³/mol. The van der Waals surface area contributed by atoms with Crippen molar-refractivity contribution >= 4 is 51.1 Å². The van der Waals surface area contributed by atoms with Gasteiger partial charge in [-0.05, 0) is 59.0 Å². The van der Waals surface area contributed by atoms with E-state index in [0.29, 0.717) is 27.2 Å². The molecule has 2 aromatic carbocycles. The molecule has 0 aliphatic rings. The van der Waals surface area contributed by atoms with Crippen LogP contribution in [0.25, 0.3) is 11.1 Å². The van der Waals surface area contributed by atoms with Gasteiger partial charge in [-0.2, -0.15) is 0 Å². The SMILES string of the molecule is Cn1c(=O)oc2cc(C(=O)c3ccc(I)c(Cl)c3)ccc21. The minimum atomic E-state index is -0.452. The van der Waals surface area contributed by atoms with Gasteiger partial charge in [0.15, 0.2) is 11.4 Å². The molecule has 0 amide bonds. The second-order valence-electron chi connectivity index (χ2n) is 4.57. The number of carbonyl (C=O) groups is 1. The van der Waals surface area contributed by atoms with Gasteiger partial charge < -0.3 is 4.42 Å². The molecule has 6 heteroatoms. The molecule has 1 aromatic heterocycles. The maximum Gasteiger partial charge on any atom is 0.419 e. The predicted octanol–water partition coefficient (Wildman–Crippen LogP) is 3.62. The highest BCUT2D eigenvalue weighted by molar-refractivity contribution is 14.1. The van der Waals surface area contributed by atoms with Gasteiger partial charge in [-0.3, -0.25) is 9.36 Å². The Hall–Kier alpha value is -1.60. The number of benzene rings is 2. The van der Waals surface area contributed by atoms with Crippen LogP contribution in [0.15, 0.2) is 45.6 Å². The van der Waals surface area contributed by atoms with Crippen molar-refractivity contribution in [1.82, 2.24) is 4.57 Å². The zero-order chi connectivity index (χ0) is 15.1. The van der Waals surface area contributed by atoms with Gasteiger partial charge in [0.25, 0.3) is 0 Å². The van der Waals surface area contributed by atoms with Crippen LogP contribution in [0.5, 0.6) is 0 Å². The highest BCUT2D eigenvalue weighted by Crippen LogP contribution is 2.22. The lowest BCUT2D eigenvalue weighted by molar-refractivity contribution is 0.103. The van der Waals surface area contributed by atoms with Crippen LogP contribution < -0.4 is 5.76 Å². The van der Waals surface area contributed by atoms with Crippen molar-refractivity contribution in [2.24, 2.45) is 7.05 Å². The molecule has 1 heterocycles. The Balaban J connectivity index is 2.09. The number of oxazole rings is 1. The van der Waals surface area contributed by atoms with Gasteiger partial charge in [0.1, 0.15) is 0 Å². The van der Waals surface area contributed by atoms with E-state index in [4.69, 9.17) is 16.0 Å². The first-order valence-corrected chi connectivity index (χ1v) is 7.52. The number of hydrogen-bond acceptors (Lipinski definition) is 3. The first-order valence-electron chi connectivity index (χ1n) is 6.06. The van der Waals surface area contributed by atoms with Gasteiger partial charge in [0.2, 0.25) is 0 Å². The third kappa shape index (κ3) is 2.51. The molecule has 0 N–H and O–H groups in total. The van der Waals surface area contributed by atoms with Crippen LogP contribution in [0.3, 0.4) is 0 Å². The van der Waals surface area contributed by atoms with E-state index >= 15 is 0 Å². The fourth-order valence-electron chi connectivity index (χ4n) is 2.08. The number of ketones is 1. The van der Waals surface area contributed by atoms with E-state index in [1.165, 1.54) is 4.57 Å². The number of halogens is 2. The lowest BCUT2D eigenvalue weighted by Gasteiger charge is -2.03. The van der Waals surface area contributed by atoms with Gasteiger partial charge in [-0.25, -0.2) is 4.79 Å². The molecular weight excluding hydrogens is 405 g/mol. The lowest BCUT2D eigenvalue weighted by atomic mass is 10.0. The third-order valence-electron chi connectivity index (χ3n) is 3.24. The third-order valence-corrected chi connectivity index (χ3v) is 4.81. The molecule has 0 bridgehead atoms. The van der Waals surface area contributed by atoms with Gasteiger partial charge >= 0.3 is 5.76 Å². The molecule has 0 atom stereocenters. The van der Waals surface area contributed by atoms with Gasteiger partial charge in [0, 0.05) is 21.7 Å². The van der Waals surface area contributed by atoms with Gasteiger partial charge in [0.05, 0.1) is 10.5 Å². The minimum Gasteiger partial charge on any atom is -0.408 e. The molecule has 0 saturated carbocycles. The molecule has 0 aliphatic carbocycles. The van der Waals surface area contributed by atoms with Crippen molar-refractivity contribution in [1.29, 1.82) is 0 Å². The first-order chi connectivity index (χ1) is 9.97. The number of aromatic nitrogens is 1.